The minimum atomic E-state index is -0.872. The van der Waals surface area contributed by atoms with Gasteiger partial charge in [0.2, 0.25) is 0 Å². The Morgan fingerprint density at radius 2 is 1.68 bits per heavy atom. The van der Waals surface area contributed by atoms with E-state index in [-0.39, 0.29) is 11.1 Å². The van der Waals surface area contributed by atoms with Crippen molar-refractivity contribution in [3.63, 3.8) is 0 Å². The van der Waals surface area contributed by atoms with Crippen LogP contribution in [0, 0.1) is 32.4 Å². The van der Waals surface area contributed by atoms with E-state index in [9.17, 15) is 8.78 Å². The number of hydrogen-bond donors (Lipinski definition) is 1. The first-order valence-electron chi connectivity index (χ1n) is 5.93. The number of halogens is 2. The molecule has 1 heterocycles. The van der Waals surface area contributed by atoms with Crippen molar-refractivity contribution in [3.05, 3.63) is 40.7 Å². The number of nitrogens with zero attached hydrogens (tertiary/aromatic N) is 2. The molecule has 0 fully saturated rings. The molecule has 0 radical (unpaired) electrons. The van der Waals surface area contributed by atoms with Gasteiger partial charge in [0.05, 0.1) is 5.69 Å². The smallest absolute Gasteiger partial charge is 0.168 e. The van der Waals surface area contributed by atoms with Crippen molar-refractivity contribution in [1.82, 2.24) is 9.97 Å². The van der Waals surface area contributed by atoms with Crippen LogP contribution in [0.25, 0.3) is 11.3 Å². The Morgan fingerprint density at radius 3 is 2.32 bits per heavy atom. The number of benzene rings is 1. The van der Waals surface area contributed by atoms with E-state index < -0.39 is 11.6 Å². The molecule has 19 heavy (non-hydrogen) atoms. The summed E-state index contributed by atoms with van der Waals surface area (Å²) in [5.41, 5.74) is 1.53. The predicted molar refractivity (Wildman–Crippen MR) is 71.1 cm³/mol. The highest BCUT2D eigenvalue weighted by Gasteiger charge is 2.17. The van der Waals surface area contributed by atoms with Gasteiger partial charge in [-0.1, -0.05) is 6.07 Å². The Bertz CT molecular complexity index is 639. The number of nitrogens with one attached hydrogen (secondary N) is 1. The molecule has 0 unspecified atom stereocenters. The molecular formula is C14H15F2N3. The molecule has 0 saturated heterocycles. The van der Waals surface area contributed by atoms with E-state index in [0.717, 1.165) is 0 Å². The van der Waals surface area contributed by atoms with Gasteiger partial charge in [-0.25, -0.2) is 18.7 Å². The molecule has 0 aliphatic heterocycles. The SMILES string of the molecule is CNc1nc(C)nc(-c2ccc(C)c(F)c2F)c1C. The van der Waals surface area contributed by atoms with Crippen LogP contribution in [0.5, 0.6) is 0 Å². The number of aromatic nitrogens is 2. The normalized spacial score (nSPS) is 10.6. The lowest BCUT2D eigenvalue weighted by molar-refractivity contribution is 0.505. The van der Waals surface area contributed by atoms with E-state index in [1.807, 2.05) is 0 Å². The number of aryl methyl sites for hydroxylation is 2. The van der Waals surface area contributed by atoms with Gasteiger partial charge in [0.25, 0.3) is 0 Å². The summed E-state index contributed by atoms with van der Waals surface area (Å²) in [6, 6.07) is 3.09. The topological polar surface area (TPSA) is 37.8 Å². The van der Waals surface area contributed by atoms with Gasteiger partial charge in [0.15, 0.2) is 11.6 Å². The summed E-state index contributed by atoms with van der Waals surface area (Å²) in [5.74, 6) is -0.587. The van der Waals surface area contributed by atoms with Crippen molar-refractivity contribution in [2.75, 3.05) is 12.4 Å². The third-order valence-corrected chi connectivity index (χ3v) is 3.02. The largest absolute Gasteiger partial charge is 0.373 e. The molecule has 1 aromatic heterocycles. The van der Waals surface area contributed by atoms with Crippen LogP contribution in [0.4, 0.5) is 14.6 Å². The number of rotatable bonds is 2. The standard InChI is InChI=1S/C14H15F2N3/c1-7-5-6-10(12(16)11(7)15)13-8(2)14(17-4)19-9(3)18-13/h5-6H,1-4H3,(H,17,18,19). The summed E-state index contributed by atoms with van der Waals surface area (Å²) >= 11 is 0. The van der Waals surface area contributed by atoms with Crippen LogP contribution in [0.2, 0.25) is 0 Å². The first-order chi connectivity index (χ1) is 8.95. The maximum Gasteiger partial charge on any atom is 0.168 e. The maximum absolute atomic E-state index is 14.0. The lowest BCUT2D eigenvalue weighted by atomic mass is 10.0. The molecule has 0 aliphatic rings. The molecule has 1 aromatic carbocycles. The summed E-state index contributed by atoms with van der Waals surface area (Å²) in [5, 5.41) is 2.92. The molecule has 100 valence electrons. The third-order valence-electron chi connectivity index (χ3n) is 3.02. The van der Waals surface area contributed by atoms with E-state index >= 15 is 0 Å². The summed E-state index contributed by atoms with van der Waals surface area (Å²) in [6.45, 7) is 5.02. The van der Waals surface area contributed by atoms with Crippen LogP contribution in [0.15, 0.2) is 12.1 Å². The van der Waals surface area contributed by atoms with Crippen LogP contribution in [-0.2, 0) is 0 Å². The second-order valence-electron chi connectivity index (χ2n) is 4.40. The number of anilines is 1. The molecule has 3 nitrogen and oxygen atoms in total. The van der Waals surface area contributed by atoms with Gasteiger partial charge in [-0.3, -0.25) is 0 Å². The van der Waals surface area contributed by atoms with E-state index in [1.54, 1.807) is 33.0 Å². The van der Waals surface area contributed by atoms with Gasteiger partial charge in [0, 0.05) is 18.2 Å². The highest BCUT2D eigenvalue weighted by molar-refractivity contribution is 5.69. The Kier molecular flexibility index (Phi) is 3.46. The molecule has 0 saturated carbocycles. The van der Waals surface area contributed by atoms with Crippen LogP contribution in [0.3, 0.4) is 0 Å². The van der Waals surface area contributed by atoms with Gasteiger partial charge in [-0.15, -0.1) is 0 Å². The molecule has 0 amide bonds. The Labute approximate surface area is 110 Å². The second-order valence-corrected chi connectivity index (χ2v) is 4.40. The first-order valence-corrected chi connectivity index (χ1v) is 5.93. The fourth-order valence-corrected chi connectivity index (χ4v) is 1.96. The minimum absolute atomic E-state index is 0.155. The van der Waals surface area contributed by atoms with Crippen molar-refractivity contribution < 1.29 is 8.78 Å². The van der Waals surface area contributed by atoms with Crippen molar-refractivity contribution in [2.45, 2.75) is 20.8 Å². The maximum atomic E-state index is 14.0. The predicted octanol–water partition coefficient (Wildman–Crippen LogP) is 3.39. The fourth-order valence-electron chi connectivity index (χ4n) is 1.96. The first kappa shape index (κ1) is 13.4. The molecule has 2 rings (SSSR count). The molecule has 5 heteroatoms. The zero-order chi connectivity index (χ0) is 14.2. The molecule has 0 aliphatic carbocycles. The summed E-state index contributed by atoms with van der Waals surface area (Å²) in [7, 11) is 1.73. The molecule has 0 atom stereocenters. The third kappa shape index (κ3) is 2.28. The van der Waals surface area contributed by atoms with Crippen molar-refractivity contribution in [1.29, 1.82) is 0 Å². The van der Waals surface area contributed by atoms with Crippen molar-refractivity contribution in [2.24, 2.45) is 0 Å². The van der Waals surface area contributed by atoms with Crippen molar-refractivity contribution >= 4 is 5.82 Å². The molecule has 1 N–H and O–H groups in total. The summed E-state index contributed by atoms with van der Waals surface area (Å²) < 4.78 is 27.7. The summed E-state index contributed by atoms with van der Waals surface area (Å²) in [6.07, 6.45) is 0. The minimum Gasteiger partial charge on any atom is -0.373 e. The van der Waals surface area contributed by atoms with E-state index in [1.165, 1.54) is 6.92 Å². The zero-order valence-electron chi connectivity index (χ0n) is 11.3. The van der Waals surface area contributed by atoms with Gasteiger partial charge < -0.3 is 5.32 Å². The second kappa shape index (κ2) is 4.91. The average Bonchev–Trinajstić information content (AvgIpc) is 2.39. The Morgan fingerprint density at radius 1 is 1.00 bits per heavy atom. The number of hydrogen-bond acceptors (Lipinski definition) is 3. The molecule has 2 aromatic rings. The lowest BCUT2D eigenvalue weighted by Crippen LogP contribution is -2.04. The molecule has 0 bridgehead atoms. The highest BCUT2D eigenvalue weighted by atomic mass is 19.2. The monoisotopic (exact) mass is 263 g/mol. The Hall–Kier alpha value is -2.04. The van der Waals surface area contributed by atoms with Crippen LogP contribution < -0.4 is 5.32 Å². The van der Waals surface area contributed by atoms with E-state index in [0.29, 0.717) is 22.9 Å². The Balaban J connectivity index is 2.72. The van der Waals surface area contributed by atoms with Gasteiger partial charge in [0.1, 0.15) is 11.6 Å². The van der Waals surface area contributed by atoms with Gasteiger partial charge in [-0.2, -0.15) is 0 Å². The highest BCUT2D eigenvalue weighted by Crippen LogP contribution is 2.29. The van der Waals surface area contributed by atoms with Gasteiger partial charge in [-0.05, 0) is 32.4 Å². The zero-order valence-corrected chi connectivity index (χ0v) is 11.3. The quantitative estimate of drug-likeness (QED) is 0.902. The fraction of sp³-hybridized carbons (Fsp3) is 0.286. The van der Waals surface area contributed by atoms with Crippen LogP contribution >= 0.6 is 0 Å². The average molecular weight is 263 g/mol. The van der Waals surface area contributed by atoms with Crippen LogP contribution in [0.1, 0.15) is 17.0 Å². The lowest BCUT2D eigenvalue weighted by Gasteiger charge is -2.12. The van der Waals surface area contributed by atoms with E-state index in [2.05, 4.69) is 15.3 Å². The van der Waals surface area contributed by atoms with Crippen molar-refractivity contribution in [3.8, 4) is 11.3 Å². The van der Waals surface area contributed by atoms with Gasteiger partial charge >= 0.3 is 0 Å². The van der Waals surface area contributed by atoms with E-state index in [4.69, 9.17) is 0 Å². The summed E-state index contributed by atoms with van der Waals surface area (Å²) in [4.78, 5) is 8.43. The molecular weight excluding hydrogens is 248 g/mol. The molecule has 0 spiro atoms. The van der Waals surface area contributed by atoms with Crippen LogP contribution in [-0.4, -0.2) is 17.0 Å².